The van der Waals surface area contributed by atoms with E-state index < -0.39 is 0 Å². The van der Waals surface area contributed by atoms with E-state index in [0.29, 0.717) is 25.7 Å². The Balaban J connectivity index is 1.58. The van der Waals surface area contributed by atoms with Gasteiger partial charge in [0.05, 0.1) is 19.4 Å². The first-order valence-electron chi connectivity index (χ1n) is 8.55. The minimum Gasteiger partial charge on any atom is -0.486 e. The Bertz CT molecular complexity index is 697. The fourth-order valence-corrected chi connectivity index (χ4v) is 2.86. The van der Waals surface area contributed by atoms with Crippen LogP contribution >= 0.6 is 0 Å². The molecule has 2 heterocycles. The Kier molecular flexibility index (Phi) is 5.60. The van der Waals surface area contributed by atoms with E-state index in [1.165, 1.54) is 0 Å². The van der Waals surface area contributed by atoms with E-state index in [0.717, 1.165) is 22.8 Å². The molecular formula is C19H24N2O4. The highest BCUT2D eigenvalue weighted by Crippen LogP contribution is 2.34. The minimum atomic E-state index is -0.0698. The van der Waals surface area contributed by atoms with Crippen LogP contribution in [0.3, 0.4) is 0 Å². The van der Waals surface area contributed by atoms with Crippen LogP contribution in [0.25, 0.3) is 0 Å². The zero-order chi connectivity index (χ0) is 17.6. The number of amides is 1. The van der Waals surface area contributed by atoms with E-state index in [1.807, 2.05) is 24.3 Å². The van der Waals surface area contributed by atoms with E-state index in [4.69, 9.17) is 13.9 Å². The number of carbonyl (C=O) groups excluding carboxylic acids is 1. The molecule has 1 aromatic heterocycles. The molecule has 0 radical (unpaired) electrons. The van der Waals surface area contributed by atoms with Gasteiger partial charge in [-0.2, -0.15) is 0 Å². The topological polar surface area (TPSA) is 72.7 Å². The highest BCUT2D eigenvalue weighted by atomic mass is 16.6. The van der Waals surface area contributed by atoms with Crippen LogP contribution in [0.5, 0.6) is 11.5 Å². The standard InChI is InChI=1S/C19H24N2O4/c1-13(2)19(14-5-6-16-17(10-14)25-9-8-24-16)21-12-18(22)20-11-15-4-3-7-23-15/h3-7,10,13,19,21H,8-9,11-12H2,1-2H3,(H,20,22)/t19-/m1/s1. The Morgan fingerprint density at radius 2 is 1.96 bits per heavy atom. The average Bonchev–Trinajstić information content (AvgIpc) is 3.13. The lowest BCUT2D eigenvalue weighted by atomic mass is 9.95. The maximum atomic E-state index is 12.1. The summed E-state index contributed by atoms with van der Waals surface area (Å²) < 4.78 is 16.4. The number of hydrogen-bond donors (Lipinski definition) is 2. The number of carbonyl (C=O) groups is 1. The molecule has 1 aliphatic heterocycles. The SMILES string of the molecule is CC(C)[C@@H](NCC(=O)NCc1ccco1)c1ccc2c(c1)OCCO2. The van der Waals surface area contributed by atoms with Gasteiger partial charge in [-0.05, 0) is 35.7 Å². The minimum absolute atomic E-state index is 0.0465. The van der Waals surface area contributed by atoms with Crippen LogP contribution in [0.15, 0.2) is 41.0 Å². The number of rotatable bonds is 7. The summed E-state index contributed by atoms with van der Waals surface area (Å²) in [5.41, 5.74) is 1.08. The molecule has 134 valence electrons. The first-order valence-corrected chi connectivity index (χ1v) is 8.55. The van der Waals surface area contributed by atoms with Crippen LogP contribution in [0.1, 0.15) is 31.2 Å². The van der Waals surface area contributed by atoms with E-state index >= 15 is 0 Å². The van der Waals surface area contributed by atoms with Gasteiger partial charge in [-0.1, -0.05) is 19.9 Å². The molecule has 0 aliphatic carbocycles. The van der Waals surface area contributed by atoms with Gasteiger partial charge in [-0.25, -0.2) is 0 Å². The summed E-state index contributed by atoms with van der Waals surface area (Å²) in [7, 11) is 0. The molecule has 0 saturated heterocycles. The van der Waals surface area contributed by atoms with Crippen molar-refractivity contribution in [3.8, 4) is 11.5 Å². The summed E-state index contributed by atoms with van der Waals surface area (Å²) >= 11 is 0. The summed E-state index contributed by atoms with van der Waals surface area (Å²) in [6, 6.07) is 9.62. The number of ether oxygens (including phenoxy) is 2. The fourth-order valence-electron chi connectivity index (χ4n) is 2.86. The van der Waals surface area contributed by atoms with Crippen LogP contribution in [0, 0.1) is 5.92 Å². The van der Waals surface area contributed by atoms with Crippen molar-refractivity contribution in [3.63, 3.8) is 0 Å². The predicted octanol–water partition coefficient (Wildman–Crippen LogP) is 2.65. The number of hydrogen-bond acceptors (Lipinski definition) is 5. The molecule has 0 unspecified atom stereocenters. The molecule has 1 aliphatic rings. The van der Waals surface area contributed by atoms with Crippen molar-refractivity contribution < 1.29 is 18.7 Å². The van der Waals surface area contributed by atoms with Crippen LogP contribution < -0.4 is 20.1 Å². The van der Waals surface area contributed by atoms with Gasteiger partial charge in [0.25, 0.3) is 0 Å². The lowest BCUT2D eigenvalue weighted by Gasteiger charge is -2.25. The van der Waals surface area contributed by atoms with Gasteiger partial charge < -0.3 is 24.5 Å². The molecular weight excluding hydrogens is 320 g/mol. The molecule has 6 heteroatoms. The van der Waals surface area contributed by atoms with Gasteiger partial charge in [0.1, 0.15) is 19.0 Å². The highest BCUT2D eigenvalue weighted by molar-refractivity contribution is 5.78. The molecule has 0 spiro atoms. The fraction of sp³-hybridized carbons (Fsp3) is 0.421. The zero-order valence-electron chi connectivity index (χ0n) is 14.6. The largest absolute Gasteiger partial charge is 0.486 e. The van der Waals surface area contributed by atoms with Crippen molar-refractivity contribution in [2.45, 2.75) is 26.4 Å². The highest BCUT2D eigenvalue weighted by Gasteiger charge is 2.20. The third kappa shape index (κ3) is 4.54. The summed E-state index contributed by atoms with van der Waals surface area (Å²) in [5.74, 6) is 2.52. The molecule has 2 N–H and O–H groups in total. The van der Waals surface area contributed by atoms with E-state index in [9.17, 15) is 4.79 Å². The maximum Gasteiger partial charge on any atom is 0.234 e. The number of fused-ring (bicyclic) bond motifs is 1. The molecule has 0 saturated carbocycles. The maximum absolute atomic E-state index is 12.1. The van der Waals surface area contributed by atoms with E-state index in [1.54, 1.807) is 12.3 Å². The lowest BCUT2D eigenvalue weighted by molar-refractivity contribution is -0.120. The van der Waals surface area contributed by atoms with Gasteiger partial charge in [0, 0.05) is 6.04 Å². The molecule has 0 bridgehead atoms. The smallest absolute Gasteiger partial charge is 0.234 e. The monoisotopic (exact) mass is 344 g/mol. The van der Waals surface area contributed by atoms with Gasteiger partial charge >= 0.3 is 0 Å². The molecule has 0 fully saturated rings. The van der Waals surface area contributed by atoms with E-state index in [2.05, 4.69) is 24.5 Å². The van der Waals surface area contributed by atoms with Crippen LogP contribution in [0.4, 0.5) is 0 Å². The molecule has 6 nitrogen and oxygen atoms in total. The Morgan fingerprint density at radius 3 is 2.68 bits per heavy atom. The lowest BCUT2D eigenvalue weighted by Crippen LogP contribution is -2.37. The molecule has 1 aromatic carbocycles. The van der Waals surface area contributed by atoms with Crippen LogP contribution in [0.2, 0.25) is 0 Å². The van der Waals surface area contributed by atoms with Crippen molar-refractivity contribution in [2.24, 2.45) is 5.92 Å². The first-order chi connectivity index (χ1) is 12.1. The van der Waals surface area contributed by atoms with Gasteiger partial charge in [0.15, 0.2) is 11.5 Å². The van der Waals surface area contributed by atoms with Crippen molar-refractivity contribution in [3.05, 3.63) is 47.9 Å². The zero-order valence-corrected chi connectivity index (χ0v) is 14.6. The Hall–Kier alpha value is -2.47. The molecule has 2 aromatic rings. The second kappa shape index (κ2) is 8.07. The van der Waals surface area contributed by atoms with Crippen LogP contribution in [-0.2, 0) is 11.3 Å². The van der Waals surface area contributed by atoms with Gasteiger partial charge in [0.2, 0.25) is 5.91 Å². The third-order valence-corrected chi connectivity index (χ3v) is 4.11. The van der Waals surface area contributed by atoms with E-state index in [-0.39, 0.29) is 18.5 Å². The first kappa shape index (κ1) is 17.4. The normalized spacial score (nSPS) is 14.4. The predicted molar refractivity (Wildman–Crippen MR) is 93.6 cm³/mol. The van der Waals surface area contributed by atoms with Gasteiger partial charge in [-0.3, -0.25) is 4.79 Å². The molecule has 25 heavy (non-hydrogen) atoms. The molecule has 3 rings (SSSR count). The third-order valence-electron chi connectivity index (χ3n) is 4.11. The van der Waals surface area contributed by atoms with Crippen molar-refractivity contribution >= 4 is 5.91 Å². The Labute approximate surface area is 147 Å². The second-order valence-corrected chi connectivity index (χ2v) is 6.36. The average molecular weight is 344 g/mol. The molecule has 1 atom stereocenters. The molecule has 1 amide bonds. The number of benzene rings is 1. The van der Waals surface area contributed by atoms with Crippen molar-refractivity contribution in [2.75, 3.05) is 19.8 Å². The Morgan fingerprint density at radius 1 is 1.16 bits per heavy atom. The van der Waals surface area contributed by atoms with Crippen molar-refractivity contribution in [1.29, 1.82) is 0 Å². The van der Waals surface area contributed by atoms with Crippen molar-refractivity contribution in [1.82, 2.24) is 10.6 Å². The second-order valence-electron chi connectivity index (χ2n) is 6.36. The van der Waals surface area contributed by atoms with Crippen LogP contribution in [-0.4, -0.2) is 25.7 Å². The number of furan rings is 1. The summed E-state index contributed by atoms with van der Waals surface area (Å²) in [6.07, 6.45) is 1.59. The van der Waals surface area contributed by atoms with Gasteiger partial charge in [-0.15, -0.1) is 0 Å². The summed E-state index contributed by atoms with van der Waals surface area (Å²) in [4.78, 5) is 12.1. The summed E-state index contributed by atoms with van der Waals surface area (Å²) in [6.45, 7) is 6.01. The quantitative estimate of drug-likeness (QED) is 0.808. The number of nitrogens with one attached hydrogen (secondary N) is 2. The summed E-state index contributed by atoms with van der Waals surface area (Å²) in [5, 5.41) is 6.17.